The molecule has 1 aliphatic heterocycles. The third-order valence-corrected chi connectivity index (χ3v) is 4.41. The lowest BCUT2D eigenvalue weighted by Crippen LogP contribution is -2.36. The molecule has 1 aliphatic rings. The van der Waals surface area contributed by atoms with Crippen LogP contribution in [0.5, 0.6) is 0 Å². The lowest BCUT2D eigenvalue weighted by molar-refractivity contribution is 0.0814. The molecule has 0 radical (unpaired) electrons. The number of halogens is 2. The zero-order valence-corrected chi connectivity index (χ0v) is 12.0. The van der Waals surface area contributed by atoms with Crippen molar-refractivity contribution in [1.29, 1.82) is 0 Å². The zero-order chi connectivity index (χ0) is 13.1. The molecule has 1 fully saturated rings. The summed E-state index contributed by atoms with van der Waals surface area (Å²) in [5, 5.41) is 1.18. The second-order valence-corrected chi connectivity index (χ2v) is 5.70. The van der Waals surface area contributed by atoms with Gasteiger partial charge in [0.05, 0.1) is 16.1 Å². The Morgan fingerprint density at radius 1 is 1.39 bits per heavy atom. The summed E-state index contributed by atoms with van der Waals surface area (Å²) in [5.74, 6) is 0.449. The first kappa shape index (κ1) is 14.1. The summed E-state index contributed by atoms with van der Waals surface area (Å²) in [4.78, 5) is 0. The number of hydrogen-bond acceptors (Lipinski definition) is 2. The average molecular weight is 288 g/mol. The predicted octanol–water partition coefficient (Wildman–Crippen LogP) is 3.68. The van der Waals surface area contributed by atoms with E-state index in [0.29, 0.717) is 22.1 Å². The maximum Gasteiger partial charge on any atom is 0.0616 e. The standard InChI is InChI=1S/C14H19Cl2NO/c1-2-14-10(5-6-18-14)13(17)8-9-3-4-11(15)12(16)7-9/h3-4,7,10,13-14H,2,5-6,8,17H2,1H3. The number of benzene rings is 1. The second-order valence-electron chi connectivity index (χ2n) is 4.89. The summed E-state index contributed by atoms with van der Waals surface area (Å²) in [7, 11) is 0. The quantitative estimate of drug-likeness (QED) is 0.917. The highest BCUT2D eigenvalue weighted by Crippen LogP contribution is 2.28. The van der Waals surface area contributed by atoms with Crippen molar-refractivity contribution in [2.24, 2.45) is 11.7 Å². The smallest absolute Gasteiger partial charge is 0.0616 e. The molecule has 2 rings (SSSR count). The van der Waals surface area contributed by atoms with Gasteiger partial charge in [0, 0.05) is 18.6 Å². The Hall–Kier alpha value is -0.280. The first-order valence-corrected chi connectivity index (χ1v) is 7.18. The van der Waals surface area contributed by atoms with Gasteiger partial charge in [-0.05, 0) is 37.0 Å². The number of ether oxygens (including phenoxy) is 1. The Kier molecular flexibility index (Phi) is 4.91. The van der Waals surface area contributed by atoms with E-state index in [0.717, 1.165) is 31.4 Å². The Labute approximate surface area is 118 Å². The third-order valence-electron chi connectivity index (χ3n) is 3.67. The zero-order valence-electron chi connectivity index (χ0n) is 10.5. The van der Waals surface area contributed by atoms with Crippen molar-refractivity contribution in [3.05, 3.63) is 33.8 Å². The lowest BCUT2D eigenvalue weighted by atomic mass is 9.88. The van der Waals surface area contributed by atoms with Crippen molar-refractivity contribution >= 4 is 23.2 Å². The summed E-state index contributed by atoms with van der Waals surface area (Å²) >= 11 is 11.9. The number of rotatable bonds is 4. The molecule has 18 heavy (non-hydrogen) atoms. The summed E-state index contributed by atoms with van der Waals surface area (Å²) in [5.41, 5.74) is 7.45. The van der Waals surface area contributed by atoms with Crippen LogP contribution in [0.1, 0.15) is 25.3 Å². The molecule has 3 atom stereocenters. The fourth-order valence-electron chi connectivity index (χ4n) is 2.67. The molecule has 0 spiro atoms. The Morgan fingerprint density at radius 3 is 2.83 bits per heavy atom. The fraction of sp³-hybridized carbons (Fsp3) is 0.571. The van der Waals surface area contributed by atoms with Crippen LogP contribution in [0.25, 0.3) is 0 Å². The largest absolute Gasteiger partial charge is 0.378 e. The minimum atomic E-state index is 0.120. The van der Waals surface area contributed by atoms with E-state index in [9.17, 15) is 0 Å². The maximum atomic E-state index is 6.31. The first-order chi connectivity index (χ1) is 8.61. The Bertz CT molecular complexity index is 411. The van der Waals surface area contributed by atoms with Crippen molar-refractivity contribution in [3.8, 4) is 0 Å². The van der Waals surface area contributed by atoms with Crippen molar-refractivity contribution in [3.63, 3.8) is 0 Å². The second kappa shape index (κ2) is 6.25. The van der Waals surface area contributed by atoms with Crippen LogP contribution >= 0.6 is 23.2 Å². The molecular formula is C14H19Cl2NO. The lowest BCUT2D eigenvalue weighted by Gasteiger charge is -2.23. The third kappa shape index (κ3) is 3.18. The van der Waals surface area contributed by atoms with Gasteiger partial charge in [-0.2, -0.15) is 0 Å². The normalized spacial score (nSPS) is 25.3. The van der Waals surface area contributed by atoms with Crippen molar-refractivity contribution < 1.29 is 4.74 Å². The molecule has 3 unspecified atom stereocenters. The van der Waals surface area contributed by atoms with Gasteiger partial charge in [-0.3, -0.25) is 0 Å². The van der Waals surface area contributed by atoms with E-state index in [2.05, 4.69) is 6.92 Å². The van der Waals surface area contributed by atoms with Gasteiger partial charge in [0.2, 0.25) is 0 Å². The molecule has 1 aromatic carbocycles. The average Bonchev–Trinajstić information content (AvgIpc) is 2.82. The molecule has 100 valence electrons. The molecule has 0 saturated carbocycles. The van der Waals surface area contributed by atoms with E-state index in [-0.39, 0.29) is 6.04 Å². The highest BCUT2D eigenvalue weighted by molar-refractivity contribution is 6.42. The molecular weight excluding hydrogens is 269 g/mol. The van der Waals surface area contributed by atoms with Crippen LogP contribution in [0.2, 0.25) is 10.0 Å². The molecule has 0 bridgehead atoms. The fourth-order valence-corrected chi connectivity index (χ4v) is 2.99. The predicted molar refractivity (Wildman–Crippen MR) is 76.3 cm³/mol. The first-order valence-electron chi connectivity index (χ1n) is 6.43. The van der Waals surface area contributed by atoms with E-state index in [1.165, 1.54) is 0 Å². The highest BCUT2D eigenvalue weighted by atomic mass is 35.5. The van der Waals surface area contributed by atoms with Crippen molar-refractivity contribution in [1.82, 2.24) is 0 Å². The summed E-state index contributed by atoms with van der Waals surface area (Å²) in [6.07, 6.45) is 3.21. The molecule has 1 heterocycles. The molecule has 2 nitrogen and oxygen atoms in total. The van der Waals surface area contributed by atoms with Gasteiger partial charge in [-0.1, -0.05) is 36.2 Å². The van der Waals surface area contributed by atoms with Crippen LogP contribution in [-0.2, 0) is 11.2 Å². The Balaban J connectivity index is 2.02. The minimum absolute atomic E-state index is 0.120. The van der Waals surface area contributed by atoms with Gasteiger partial charge < -0.3 is 10.5 Å². The molecule has 0 aromatic heterocycles. The van der Waals surface area contributed by atoms with E-state index in [1.807, 2.05) is 18.2 Å². The van der Waals surface area contributed by atoms with Gasteiger partial charge >= 0.3 is 0 Å². The Morgan fingerprint density at radius 2 is 2.17 bits per heavy atom. The maximum absolute atomic E-state index is 6.31. The molecule has 2 N–H and O–H groups in total. The monoisotopic (exact) mass is 287 g/mol. The van der Waals surface area contributed by atoms with Crippen LogP contribution < -0.4 is 5.73 Å². The van der Waals surface area contributed by atoms with Crippen LogP contribution in [0, 0.1) is 5.92 Å². The van der Waals surface area contributed by atoms with E-state index >= 15 is 0 Å². The van der Waals surface area contributed by atoms with E-state index < -0.39 is 0 Å². The minimum Gasteiger partial charge on any atom is -0.378 e. The van der Waals surface area contributed by atoms with Gasteiger partial charge in [0.25, 0.3) is 0 Å². The van der Waals surface area contributed by atoms with E-state index in [4.69, 9.17) is 33.7 Å². The van der Waals surface area contributed by atoms with Crippen LogP contribution in [-0.4, -0.2) is 18.8 Å². The van der Waals surface area contributed by atoms with Crippen LogP contribution in [0.4, 0.5) is 0 Å². The number of nitrogens with two attached hydrogens (primary N) is 1. The topological polar surface area (TPSA) is 35.2 Å². The van der Waals surface area contributed by atoms with Crippen LogP contribution in [0.15, 0.2) is 18.2 Å². The van der Waals surface area contributed by atoms with Crippen molar-refractivity contribution in [2.45, 2.75) is 38.3 Å². The molecule has 0 aliphatic carbocycles. The number of hydrogen-bond donors (Lipinski definition) is 1. The summed E-state index contributed by atoms with van der Waals surface area (Å²) < 4.78 is 5.69. The van der Waals surface area contributed by atoms with Gasteiger partial charge in [0.1, 0.15) is 0 Å². The molecule has 0 amide bonds. The van der Waals surface area contributed by atoms with E-state index in [1.54, 1.807) is 0 Å². The van der Waals surface area contributed by atoms with Gasteiger partial charge in [0.15, 0.2) is 0 Å². The molecule has 1 saturated heterocycles. The highest BCUT2D eigenvalue weighted by Gasteiger charge is 2.31. The summed E-state index contributed by atoms with van der Waals surface area (Å²) in [6, 6.07) is 5.84. The summed E-state index contributed by atoms with van der Waals surface area (Å²) in [6.45, 7) is 2.98. The molecule has 4 heteroatoms. The van der Waals surface area contributed by atoms with Gasteiger partial charge in [-0.25, -0.2) is 0 Å². The SMILES string of the molecule is CCC1OCCC1C(N)Cc1ccc(Cl)c(Cl)c1. The van der Waals surface area contributed by atoms with Crippen LogP contribution in [0.3, 0.4) is 0 Å². The van der Waals surface area contributed by atoms with Gasteiger partial charge in [-0.15, -0.1) is 0 Å². The van der Waals surface area contributed by atoms with Crippen molar-refractivity contribution in [2.75, 3.05) is 6.61 Å². The molecule has 1 aromatic rings.